The number of benzene rings is 3. The molecule has 0 heterocycles. The third kappa shape index (κ3) is 2.38. The van der Waals surface area contributed by atoms with E-state index in [1.54, 1.807) is 0 Å². The van der Waals surface area contributed by atoms with Gasteiger partial charge in [0.25, 0.3) is 0 Å². The van der Waals surface area contributed by atoms with Crippen molar-refractivity contribution in [1.82, 2.24) is 0 Å². The van der Waals surface area contributed by atoms with E-state index in [9.17, 15) is 0 Å². The van der Waals surface area contributed by atoms with E-state index in [0.717, 1.165) is 22.6 Å². The normalized spacial score (nSPS) is 10.4. The zero-order valence-corrected chi connectivity index (χ0v) is 10.8. The van der Waals surface area contributed by atoms with Crippen molar-refractivity contribution in [3.05, 3.63) is 66.7 Å². The van der Waals surface area contributed by atoms with E-state index in [-0.39, 0.29) is 0 Å². The molecule has 0 aliphatic heterocycles. The van der Waals surface area contributed by atoms with Gasteiger partial charge in [-0.05, 0) is 35.7 Å². The highest BCUT2D eigenvalue weighted by atomic mass is 16.5. The summed E-state index contributed by atoms with van der Waals surface area (Å²) in [5.74, 6) is 1.73. The summed E-state index contributed by atoms with van der Waals surface area (Å²) in [6.07, 6.45) is 0. The van der Waals surface area contributed by atoms with Crippen molar-refractivity contribution in [3.63, 3.8) is 0 Å². The van der Waals surface area contributed by atoms with Crippen LogP contribution in [0.15, 0.2) is 66.7 Å². The molecule has 0 saturated carbocycles. The molecule has 3 aromatic carbocycles. The zero-order valence-electron chi connectivity index (χ0n) is 10.8. The Bertz CT molecular complexity index is 684. The van der Waals surface area contributed by atoms with Gasteiger partial charge in [-0.25, -0.2) is 0 Å². The van der Waals surface area contributed by atoms with Crippen LogP contribution < -0.4 is 10.1 Å². The van der Waals surface area contributed by atoms with Gasteiger partial charge in [0.15, 0.2) is 0 Å². The zero-order chi connectivity index (χ0) is 13.1. The molecule has 94 valence electrons. The van der Waals surface area contributed by atoms with Crippen LogP contribution in [0.4, 0.5) is 5.69 Å². The van der Waals surface area contributed by atoms with E-state index >= 15 is 0 Å². The van der Waals surface area contributed by atoms with Crippen LogP contribution >= 0.6 is 0 Å². The second-order valence-corrected chi connectivity index (χ2v) is 4.35. The predicted octanol–water partition coefficient (Wildman–Crippen LogP) is 4.67. The molecule has 0 aliphatic carbocycles. The molecule has 0 fully saturated rings. The van der Waals surface area contributed by atoms with Crippen LogP contribution in [0, 0.1) is 0 Å². The minimum Gasteiger partial charge on any atom is -0.457 e. The van der Waals surface area contributed by atoms with Crippen LogP contribution in [0.2, 0.25) is 0 Å². The van der Waals surface area contributed by atoms with Gasteiger partial charge in [0.1, 0.15) is 11.5 Å². The number of hydrogen-bond donors (Lipinski definition) is 1. The van der Waals surface area contributed by atoms with Gasteiger partial charge >= 0.3 is 0 Å². The minimum absolute atomic E-state index is 0.843. The Morgan fingerprint density at radius 3 is 2.32 bits per heavy atom. The topological polar surface area (TPSA) is 21.3 Å². The van der Waals surface area contributed by atoms with E-state index in [0.29, 0.717) is 0 Å². The number of hydrogen-bond acceptors (Lipinski definition) is 2. The number of fused-ring (bicyclic) bond motifs is 1. The number of ether oxygens (including phenoxy) is 1. The van der Waals surface area contributed by atoms with Gasteiger partial charge in [0, 0.05) is 18.1 Å². The average Bonchev–Trinajstić information content (AvgIpc) is 2.48. The summed E-state index contributed by atoms with van der Waals surface area (Å²) in [4.78, 5) is 0. The average molecular weight is 249 g/mol. The van der Waals surface area contributed by atoms with Crippen LogP contribution in [0.3, 0.4) is 0 Å². The van der Waals surface area contributed by atoms with Crippen LogP contribution in [0.5, 0.6) is 11.5 Å². The number of anilines is 1. The van der Waals surface area contributed by atoms with Crippen LogP contribution in [0.1, 0.15) is 0 Å². The Morgan fingerprint density at radius 2 is 1.53 bits per heavy atom. The maximum absolute atomic E-state index is 5.96. The van der Waals surface area contributed by atoms with E-state index in [4.69, 9.17) is 4.74 Å². The number of nitrogens with one attached hydrogen (secondary N) is 1. The van der Waals surface area contributed by atoms with Crippen LogP contribution in [-0.2, 0) is 0 Å². The van der Waals surface area contributed by atoms with Gasteiger partial charge in [-0.1, -0.05) is 36.4 Å². The maximum Gasteiger partial charge on any atom is 0.135 e. The molecule has 0 aromatic heterocycles. The molecule has 3 rings (SSSR count). The van der Waals surface area contributed by atoms with Crippen molar-refractivity contribution in [2.75, 3.05) is 12.4 Å². The fourth-order valence-corrected chi connectivity index (χ4v) is 2.10. The molecule has 3 aromatic rings. The lowest BCUT2D eigenvalue weighted by Crippen LogP contribution is -1.89. The van der Waals surface area contributed by atoms with Crippen molar-refractivity contribution >= 4 is 16.5 Å². The molecule has 0 bridgehead atoms. The summed E-state index contributed by atoms with van der Waals surface area (Å²) in [7, 11) is 1.90. The first kappa shape index (κ1) is 11.6. The molecule has 0 radical (unpaired) electrons. The van der Waals surface area contributed by atoms with E-state index in [1.807, 2.05) is 55.6 Å². The Hall–Kier alpha value is -2.48. The summed E-state index contributed by atoms with van der Waals surface area (Å²) in [5.41, 5.74) is 1.07. The fourth-order valence-electron chi connectivity index (χ4n) is 2.10. The molecule has 1 N–H and O–H groups in total. The van der Waals surface area contributed by atoms with Crippen molar-refractivity contribution in [2.45, 2.75) is 0 Å². The third-order valence-electron chi connectivity index (χ3n) is 3.12. The highest BCUT2D eigenvalue weighted by Gasteiger charge is 2.02. The van der Waals surface area contributed by atoms with Gasteiger partial charge in [-0.2, -0.15) is 0 Å². The maximum atomic E-state index is 5.96. The summed E-state index contributed by atoms with van der Waals surface area (Å²) in [6.45, 7) is 0. The summed E-state index contributed by atoms with van der Waals surface area (Å²) >= 11 is 0. The smallest absolute Gasteiger partial charge is 0.135 e. The number of rotatable bonds is 3. The molecule has 0 atom stereocenters. The first-order valence-corrected chi connectivity index (χ1v) is 6.30. The molecule has 0 aliphatic rings. The first-order valence-electron chi connectivity index (χ1n) is 6.30. The van der Waals surface area contributed by atoms with E-state index < -0.39 is 0 Å². The Balaban J connectivity index is 1.96. The van der Waals surface area contributed by atoms with Gasteiger partial charge in [-0.15, -0.1) is 0 Å². The highest BCUT2D eigenvalue weighted by molar-refractivity contribution is 5.88. The molecule has 19 heavy (non-hydrogen) atoms. The van der Waals surface area contributed by atoms with Gasteiger partial charge < -0.3 is 10.1 Å². The van der Waals surface area contributed by atoms with Crippen LogP contribution in [0.25, 0.3) is 10.8 Å². The van der Waals surface area contributed by atoms with Crippen molar-refractivity contribution in [3.8, 4) is 11.5 Å². The van der Waals surface area contributed by atoms with Crippen LogP contribution in [-0.4, -0.2) is 7.05 Å². The van der Waals surface area contributed by atoms with E-state index in [2.05, 4.69) is 23.5 Å². The molecule has 0 spiro atoms. The first-order chi connectivity index (χ1) is 9.36. The van der Waals surface area contributed by atoms with Gasteiger partial charge in [0.2, 0.25) is 0 Å². The second kappa shape index (κ2) is 5.02. The molecular formula is C17H15NO. The standard InChI is InChI=1S/C17H15NO/c1-18-14-9-11-15(12-10-14)19-17-8-4-6-13-5-2-3-7-16(13)17/h2-12,18H,1H3. The van der Waals surface area contributed by atoms with Crippen molar-refractivity contribution in [1.29, 1.82) is 0 Å². The Kier molecular flexibility index (Phi) is 3.07. The Morgan fingerprint density at radius 1 is 0.789 bits per heavy atom. The van der Waals surface area contributed by atoms with Crippen molar-refractivity contribution < 1.29 is 4.74 Å². The second-order valence-electron chi connectivity index (χ2n) is 4.35. The van der Waals surface area contributed by atoms with Crippen molar-refractivity contribution in [2.24, 2.45) is 0 Å². The monoisotopic (exact) mass is 249 g/mol. The fraction of sp³-hybridized carbons (Fsp3) is 0.0588. The molecular weight excluding hydrogens is 234 g/mol. The molecule has 0 unspecified atom stereocenters. The minimum atomic E-state index is 0.843. The highest BCUT2D eigenvalue weighted by Crippen LogP contribution is 2.30. The SMILES string of the molecule is CNc1ccc(Oc2cccc3ccccc23)cc1. The third-order valence-corrected chi connectivity index (χ3v) is 3.12. The Labute approximate surface area is 112 Å². The molecule has 0 saturated heterocycles. The summed E-state index contributed by atoms with van der Waals surface area (Å²) in [5, 5.41) is 5.41. The summed E-state index contributed by atoms with van der Waals surface area (Å²) < 4.78 is 5.96. The quantitative estimate of drug-likeness (QED) is 0.728. The lowest BCUT2D eigenvalue weighted by molar-refractivity contribution is 0.488. The van der Waals surface area contributed by atoms with Gasteiger partial charge in [-0.3, -0.25) is 0 Å². The molecule has 2 heteroatoms. The van der Waals surface area contributed by atoms with Gasteiger partial charge in [0.05, 0.1) is 0 Å². The lowest BCUT2D eigenvalue weighted by atomic mass is 10.1. The molecule has 0 amide bonds. The molecule has 2 nitrogen and oxygen atoms in total. The van der Waals surface area contributed by atoms with E-state index in [1.165, 1.54) is 5.39 Å². The predicted molar refractivity (Wildman–Crippen MR) is 80.0 cm³/mol. The summed E-state index contributed by atoms with van der Waals surface area (Å²) in [6, 6.07) is 22.3. The lowest BCUT2D eigenvalue weighted by Gasteiger charge is -2.09. The largest absolute Gasteiger partial charge is 0.457 e.